The Hall–Kier alpha value is -3.22. The quantitative estimate of drug-likeness (QED) is 0.489. The number of rotatable bonds is 9. The van der Waals surface area contributed by atoms with Crippen LogP contribution in [0.15, 0.2) is 59.6 Å². The molecule has 30 heavy (non-hydrogen) atoms. The second-order valence-electron chi connectivity index (χ2n) is 7.19. The van der Waals surface area contributed by atoms with Crippen molar-refractivity contribution in [2.75, 3.05) is 34.3 Å². The number of methoxy groups -OCH3 is 1. The highest BCUT2D eigenvalue weighted by molar-refractivity contribution is 5.85. The van der Waals surface area contributed by atoms with Crippen LogP contribution in [-0.2, 0) is 4.79 Å². The van der Waals surface area contributed by atoms with E-state index in [1.165, 1.54) is 4.90 Å². The average Bonchev–Trinajstić information content (AvgIpc) is 2.76. The van der Waals surface area contributed by atoms with Crippen LogP contribution in [0, 0.1) is 0 Å². The van der Waals surface area contributed by atoms with Crippen molar-refractivity contribution in [2.45, 2.75) is 26.0 Å². The first-order valence-electron chi connectivity index (χ1n) is 10.00. The topological polar surface area (TPSA) is 75.2 Å². The van der Waals surface area contributed by atoms with E-state index in [4.69, 9.17) is 9.47 Å². The summed E-state index contributed by atoms with van der Waals surface area (Å²) in [6, 6.07) is 17.6. The van der Waals surface area contributed by atoms with Crippen molar-refractivity contribution in [1.29, 1.82) is 0 Å². The van der Waals surface area contributed by atoms with Gasteiger partial charge in [0.15, 0.2) is 17.5 Å². The number of hydrogen-bond donors (Lipinski definition) is 2. The Morgan fingerprint density at radius 3 is 2.30 bits per heavy atom. The number of hydrogen-bond acceptors (Lipinski definition) is 4. The minimum absolute atomic E-state index is 0.0253. The molecule has 0 saturated carbocycles. The molecule has 0 spiro atoms. The first kappa shape index (κ1) is 23.1. The Morgan fingerprint density at radius 1 is 1.03 bits per heavy atom. The van der Waals surface area contributed by atoms with Crippen molar-refractivity contribution in [3.63, 3.8) is 0 Å². The molecule has 2 atom stereocenters. The lowest BCUT2D eigenvalue weighted by Crippen LogP contribution is -2.43. The summed E-state index contributed by atoms with van der Waals surface area (Å²) in [6.45, 7) is 4.57. The molecule has 0 bridgehead atoms. The van der Waals surface area contributed by atoms with Gasteiger partial charge in [-0.25, -0.2) is 4.99 Å². The van der Waals surface area contributed by atoms with Gasteiger partial charge in [0.05, 0.1) is 19.7 Å². The maximum Gasteiger partial charge on any atom is 0.243 e. The largest absolute Gasteiger partial charge is 0.493 e. The number of aliphatic imine (C=N–C) groups is 1. The van der Waals surface area contributed by atoms with Gasteiger partial charge in [0.2, 0.25) is 5.91 Å². The number of guanidine groups is 1. The summed E-state index contributed by atoms with van der Waals surface area (Å²) in [6.07, 6.45) is -0.148. The van der Waals surface area contributed by atoms with Gasteiger partial charge in [-0.1, -0.05) is 42.5 Å². The normalized spacial score (nSPS) is 13.2. The number of amides is 1. The Morgan fingerprint density at radius 2 is 1.67 bits per heavy atom. The molecule has 0 aliphatic rings. The van der Waals surface area contributed by atoms with Crippen LogP contribution in [0.2, 0.25) is 0 Å². The zero-order valence-corrected chi connectivity index (χ0v) is 18.4. The summed E-state index contributed by atoms with van der Waals surface area (Å²) in [5.74, 6) is 1.85. The van der Waals surface area contributed by atoms with Gasteiger partial charge in [0, 0.05) is 14.1 Å². The molecule has 162 valence electrons. The van der Waals surface area contributed by atoms with Crippen molar-refractivity contribution in [1.82, 2.24) is 15.5 Å². The molecule has 0 fully saturated rings. The van der Waals surface area contributed by atoms with Crippen LogP contribution in [0.4, 0.5) is 0 Å². The molecule has 2 aromatic carbocycles. The SMILES string of the molecule is COc1ccccc1OC(C)CNC(=NCC(=O)N(C)C)NC(C)c1ccccc1. The van der Waals surface area contributed by atoms with Gasteiger partial charge >= 0.3 is 0 Å². The fourth-order valence-corrected chi connectivity index (χ4v) is 2.69. The van der Waals surface area contributed by atoms with Crippen molar-refractivity contribution in [3.8, 4) is 11.5 Å². The molecule has 2 rings (SSSR count). The van der Waals surface area contributed by atoms with Gasteiger partial charge in [0.25, 0.3) is 0 Å². The van der Waals surface area contributed by atoms with Gasteiger partial charge in [-0.15, -0.1) is 0 Å². The number of ether oxygens (including phenoxy) is 2. The van der Waals surface area contributed by atoms with Crippen molar-refractivity contribution in [2.24, 2.45) is 4.99 Å². The van der Waals surface area contributed by atoms with E-state index in [0.29, 0.717) is 24.0 Å². The zero-order valence-electron chi connectivity index (χ0n) is 18.4. The molecule has 7 nitrogen and oxygen atoms in total. The van der Waals surface area contributed by atoms with Crippen LogP contribution in [0.3, 0.4) is 0 Å². The lowest BCUT2D eigenvalue weighted by molar-refractivity contribution is -0.127. The lowest BCUT2D eigenvalue weighted by atomic mass is 10.1. The molecule has 0 radical (unpaired) electrons. The van der Waals surface area contributed by atoms with E-state index < -0.39 is 0 Å². The Labute approximate surface area is 179 Å². The molecule has 0 aliphatic carbocycles. The summed E-state index contributed by atoms with van der Waals surface area (Å²) in [7, 11) is 5.05. The van der Waals surface area contributed by atoms with E-state index in [9.17, 15) is 4.79 Å². The first-order valence-corrected chi connectivity index (χ1v) is 10.00. The van der Waals surface area contributed by atoms with Crippen LogP contribution >= 0.6 is 0 Å². The van der Waals surface area contributed by atoms with E-state index >= 15 is 0 Å². The summed E-state index contributed by atoms with van der Waals surface area (Å²) in [5.41, 5.74) is 1.13. The second-order valence-corrected chi connectivity index (χ2v) is 7.19. The van der Waals surface area contributed by atoms with E-state index in [0.717, 1.165) is 5.56 Å². The summed E-state index contributed by atoms with van der Waals surface area (Å²) in [4.78, 5) is 17.9. The van der Waals surface area contributed by atoms with Gasteiger partial charge < -0.3 is 25.0 Å². The minimum Gasteiger partial charge on any atom is -0.493 e. The summed E-state index contributed by atoms with van der Waals surface area (Å²) >= 11 is 0. The minimum atomic E-state index is -0.148. The van der Waals surface area contributed by atoms with Crippen molar-refractivity contribution in [3.05, 3.63) is 60.2 Å². The van der Waals surface area contributed by atoms with Crippen LogP contribution in [-0.4, -0.2) is 57.2 Å². The fraction of sp³-hybridized carbons (Fsp3) is 0.391. The number of carbonyl (C=O) groups is 1. The van der Waals surface area contributed by atoms with Crippen LogP contribution in [0.25, 0.3) is 0 Å². The fourth-order valence-electron chi connectivity index (χ4n) is 2.69. The molecule has 2 N–H and O–H groups in total. The first-order chi connectivity index (χ1) is 14.4. The predicted molar refractivity (Wildman–Crippen MR) is 120 cm³/mol. The van der Waals surface area contributed by atoms with Crippen LogP contribution < -0.4 is 20.1 Å². The molecule has 1 amide bonds. The van der Waals surface area contributed by atoms with Crippen LogP contribution in [0.1, 0.15) is 25.5 Å². The molecule has 0 aliphatic heterocycles. The zero-order chi connectivity index (χ0) is 21.9. The number of carbonyl (C=O) groups excluding carboxylic acids is 1. The van der Waals surface area contributed by atoms with Crippen molar-refractivity contribution >= 4 is 11.9 Å². The number of nitrogens with one attached hydrogen (secondary N) is 2. The number of likely N-dealkylation sites (N-methyl/N-ethyl adjacent to an activating group) is 1. The highest BCUT2D eigenvalue weighted by Crippen LogP contribution is 2.26. The molecule has 0 saturated heterocycles. The van der Waals surface area contributed by atoms with Gasteiger partial charge in [0.1, 0.15) is 12.6 Å². The number of benzene rings is 2. The molecule has 0 aromatic heterocycles. The maximum atomic E-state index is 12.0. The Bertz CT molecular complexity index is 824. The molecule has 7 heteroatoms. The third-order valence-corrected chi connectivity index (χ3v) is 4.48. The third-order valence-electron chi connectivity index (χ3n) is 4.48. The average molecular weight is 413 g/mol. The molecule has 2 aromatic rings. The van der Waals surface area contributed by atoms with Crippen molar-refractivity contribution < 1.29 is 14.3 Å². The van der Waals surface area contributed by atoms with Gasteiger partial charge in [-0.3, -0.25) is 4.79 Å². The highest BCUT2D eigenvalue weighted by Gasteiger charge is 2.13. The van der Waals surface area contributed by atoms with E-state index in [2.05, 4.69) is 22.5 Å². The second kappa shape index (κ2) is 11.7. The molecular weight excluding hydrogens is 380 g/mol. The Balaban J connectivity index is 2.02. The highest BCUT2D eigenvalue weighted by atomic mass is 16.5. The monoisotopic (exact) mass is 412 g/mol. The van der Waals surface area contributed by atoms with Crippen LogP contribution in [0.5, 0.6) is 11.5 Å². The van der Waals surface area contributed by atoms with E-state index in [-0.39, 0.29) is 24.6 Å². The summed E-state index contributed by atoms with van der Waals surface area (Å²) in [5, 5.41) is 6.63. The van der Waals surface area contributed by atoms with E-state index in [1.807, 2.05) is 61.5 Å². The van der Waals surface area contributed by atoms with E-state index in [1.54, 1.807) is 21.2 Å². The standard InChI is InChI=1S/C23H32N4O3/c1-17(30-21-14-10-9-13-20(21)29-5)15-24-23(25-16-22(28)27(3)4)26-18(2)19-11-7-6-8-12-19/h6-14,17-18H,15-16H2,1-5H3,(H2,24,25,26). The maximum absolute atomic E-state index is 12.0. The number of nitrogens with zero attached hydrogens (tertiary/aromatic N) is 2. The Kier molecular flexibility index (Phi) is 9.00. The predicted octanol–water partition coefficient (Wildman–Crippen LogP) is 2.85. The molecule has 0 heterocycles. The summed E-state index contributed by atoms with van der Waals surface area (Å²) < 4.78 is 11.3. The molecular formula is C23H32N4O3. The van der Waals surface area contributed by atoms with Gasteiger partial charge in [-0.2, -0.15) is 0 Å². The number of para-hydroxylation sites is 2. The molecule has 2 unspecified atom stereocenters. The third kappa shape index (κ3) is 7.31. The van der Waals surface area contributed by atoms with Gasteiger partial charge in [-0.05, 0) is 31.5 Å². The smallest absolute Gasteiger partial charge is 0.243 e. The lowest BCUT2D eigenvalue weighted by Gasteiger charge is -2.22.